The lowest BCUT2D eigenvalue weighted by atomic mass is 10.1. The molecule has 9 heteroatoms. The molecule has 0 aliphatic rings. The predicted molar refractivity (Wildman–Crippen MR) is 128 cm³/mol. The second kappa shape index (κ2) is 10.0. The highest BCUT2D eigenvalue weighted by atomic mass is 16.5. The molecule has 33 heavy (non-hydrogen) atoms. The van der Waals surface area contributed by atoms with Crippen LogP contribution in [0.3, 0.4) is 0 Å². The van der Waals surface area contributed by atoms with Crippen molar-refractivity contribution in [3.63, 3.8) is 0 Å². The Morgan fingerprint density at radius 1 is 1.15 bits per heavy atom. The maximum absolute atomic E-state index is 11.4. The zero-order valence-corrected chi connectivity index (χ0v) is 19.5. The fourth-order valence-corrected chi connectivity index (χ4v) is 4.01. The molecule has 0 saturated heterocycles. The molecule has 0 aliphatic heterocycles. The number of carbonyl (C=O) groups is 1. The van der Waals surface area contributed by atoms with Gasteiger partial charge in [0.2, 0.25) is 0 Å². The van der Waals surface area contributed by atoms with Gasteiger partial charge in [-0.25, -0.2) is 9.97 Å². The zero-order chi connectivity index (χ0) is 23.4. The molecule has 0 saturated carbocycles. The van der Waals surface area contributed by atoms with Crippen molar-refractivity contribution in [3.05, 3.63) is 48.0 Å². The van der Waals surface area contributed by atoms with E-state index < -0.39 is 0 Å². The number of esters is 1. The van der Waals surface area contributed by atoms with E-state index >= 15 is 0 Å². The monoisotopic (exact) mass is 450 g/mol. The summed E-state index contributed by atoms with van der Waals surface area (Å²) in [6, 6.07) is 3.92. The van der Waals surface area contributed by atoms with Crippen LogP contribution in [0.4, 0.5) is 0 Å². The number of hydrogen-bond donors (Lipinski definition) is 2. The minimum atomic E-state index is -0.350. The summed E-state index contributed by atoms with van der Waals surface area (Å²) < 4.78 is 12.7. The Morgan fingerprint density at radius 3 is 2.70 bits per heavy atom. The smallest absolute Gasteiger partial charge is 0.308 e. The Morgan fingerprint density at radius 2 is 1.94 bits per heavy atom. The van der Waals surface area contributed by atoms with Crippen LogP contribution in [-0.2, 0) is 24.3 Å². The first kappa shape index (κ1) is 22.8. The molecule has 4 aromatic heterocycles. The summed E-state index contributed by atoms with van der Waals surface area (Å²) in [6.07, 6.45) is 9.22. The molecule has 9 nitrogen and oxygen atoms in total. The highest BCUT2D eigenvalue weighted by Gasteiger charge is 2.14. The van der Waals surface area contributed by atoms with Crippen LogP contribution in [0.2, 0.25) is 0 Å². The number of nitrogens with one attached hydrogen (secondary N) is 2. The van der Waals surface area contributed by atoms with Crippen LogP contribution in [-0.4, -0.2) is 64.7 Å². The van der Waals surface area contributed by atoms with Gasteiger partial charge in [0, 0.05) is 36.6 Å². The van der Waals surface area contributed by atoms with Crippen molar-refractivity contribution in [1.29, 1.82) is 0 Å². The van der Waals surface area contributed by atoms with Crippen molar-refractivity contribution in [2.75, 3.05) is 34.3 Å². The number of carbonyl (C=O) groups excluding carboxylic acids is 1. The van der Waals surface area contributed by atoms with Crippen LogP contribution in [0.5, 0.6) is 11.5 Å². The summed E-state index contributed by atoms with van der Waals surface area (Å²) >= 11 is 0. The third kappa shape index (κ3) is 5.15. The van der Waals surface area contributed by atoms with Gasteiger partial charge in [0.1, 0.15) is 22.8 Å². The lowest BCUT2D eigenvalue weighted by Crippen LogP contribution is -2.24. The van der Waals surface area contributed by atoms with Crippen molar-refractivity contribution in [2.24, 2.45) is 0 Å². The van der Waals surface area contributed by atoms with Gasteiger partial charge < -0.3 is 24.3 Å². The molecule has 0 amide bonds. The third-order valence-electron chi connectivity index (χ3n) is 5.66. The first-order valence-electron chi connectivity index (χ1n) is 11.0. The van der Waals surface area contributed by atoms with E-state index in [0.29, 0.717) is 12.4 Å². The summed E-state index contributed by atoms with van der Waals surface area (Å²) in [5.41, 5.74) is 4.13. The van der Waals surface area contributed by atoms with Crippen molar-refractivity contribution in [2.45, 2.75) is 26.4 Å². The van der Waals surface area contributed by atoms with Gasteiger partial charge in [-0.3, -0.25) is 9.69 Å². The minimum Gasteiger partial charge on any atom is -0.495 e. The fraction of sp³-hybridized carbons (Fsp3) is 0.375. The first-order chi connectivity index (χ1) is 16.0. The zero-order valence-electron chi connectivity index (χ0n) is 19.5. The second-order valence-corrected chi connectivity index (χ2v) is 8.17. The maximum atomic E-state index is 11.4. The number of aromatic amines is 1. The number of pyridine rings is 2. The molecule has 0 bridgehead atoms. The molecule has 0 aromatic carbocycles. The van der Waals surface area contributed by atoms with Crippen LogP contribution in [0.15, 0.2) is 36.9 Å². The maximum Gasteiger partial charge on any atom is 0.308 e. The minimum absolute atomic E-state index is 0.350. The molecule has 174 valence electrons. The molecule has 0 fully saturated rings. The standard InChI is InChI=1S/C24H30N6O3/c1-16(31)33-20-10-22-18(5-7-25-2)14-30(24(22)28-13-20)15-29(3)8-6-17-11-26-23-21(17)9-19(32-4)12-27-23/h9-14,25H,5-8,15H2,1-4H3,(H,26,27). The molecule has 0 aliphatic carbocycles. The number of ether oxygens (including phenoxy) is 2. The molecule has 4 heterocycles. The van der Waals surface area contributed by atoms with Gasteiger partial charge in [0.25, 0.3) is 0 Å². The number of nitrogens with zero attached hydrogens (tertiary/aromatic N) is 4. The molecule has 0 atom stereocenters. The Labute approximate surface area is 192 Å². The summed E-state index contributed by atoms with van der Waals surface area (Å²) in [5.74, 6) is 0.871. The molecular formula is C24H30N6O3. The molecular weight excluding hydrogens is 420 g/mol. The van der Waals surface area contributed by atoms with Crippen LogP contribution in [0.1, 0.15) is 18.1 Å². The normalized spacial score (nSPS) is 11.5. The van der Waals surface area contributed by atoms with Gasteiger partial charge in [-0.05, 0) is 56.7 Å². The van der Waals surface area contributed by atoms with Crippen molar-refractivity contribution >= 4 is 28.0 Å². The fourth-order valence-electron chi connectivity index (χ4n) is 4.01. The van der Waals surface area contributed by atoms with Gasteiger partial charge in [-0.2, -0.15) is 0 Å². The molecule has 2 N–H and O–H groups in total. The van der Waals surface area contributed by atoms with Crippen molar-refractivity contribution in [3.8, 4) is 11.5 Å². The molecule has 4 aromatic rings. The van der Waals surface area contributed by atoms with Crippen LogP contribution in [0.25, 0.3) is 22.1 Å². The van der Waals surface area contributed by atoms with Crippen LogP contribution < -0.4 is 14.8 Å². The highest BCUT2D eigenvalue weighted by Crippen LogP contribution is 2.25. The van der Waals surface area contributed by atoms with Crippen LogP contribution >= 0.6 is 0 Å². The van der Waals surface area contributed by atoms with E-state index in [2.05, 4.69) is 43.0 Å². The predicted octanol–water partition coefficient (Wildman–Crippen LogP) is 2.74. The van der Waals surface area contributed by atoms with E-state index in [4.69, 9.17) is 9.47 Å². The topological polar surface area (TPSA) is 97.3 Å². The molecule has 0 unspecified atom stereocenters. The Balaban J connectivity index is 1.51. The number of H-pyrrole nitrogens is 1. The van der Waals surface area contributed by atoms with E-state index in [-0.39, 0.29) is 5.97 Å². The molecule has 0 radical (unpaired) electrons. The largest absolute Gasteiger partial charge is 0.495 e. The highest BCUT2D eigenvalue weighted by molar-refractivity contribution is 5.83. The van der Waals surface area contributed by atoms with Crippen molar-refractivity contribution < 1.29 is 14.3 Å². The second-order valence-electron chi connectivity index (χ2n) is 8.17. The van der Waals surface area contributed by atoms with Gasteiger partial charge in [0.05, 0.1) is 26.2 Å². The summed E-state index contributed by atoms with van der Waals surface area (Å²) in [5, 5.41) is 5.29. The number of aromatic nitrogens is 4. The average molecular weight is 451 g/mol. The van der Waals surface area contributed by atoms with E-state index in [0.717, 1.165) is 53.7 Å². The summed E-state index contributed by atoms with van der Waals surface area (Å²) in [4.78, 5) is 25.9. The van der Waals surface area contributed by atoms with E-state index in [9.17, 15) is 4.79 Å². The Hall–Kier alpha value is -3.43. The number of fused-ring (bicyclic) bond motifs is 2. The van der Waals surface area contributed by atoms with Gasteiger partial charge >= 0.3 is 5.97 Å². The Bertz CT molecular complexity index is 1260. The van der Waals surface area contributed by atoms with Crippen molar-refractivity contribution in [1.82, 2.24) is 29.7 Å². The van der Waals surface area contributed by atoms with Crippen LogP contribution in [0, 0.1) is 0 Å². The first-order valence-corrected chi connectivity index (χ1v) is 11.0. The molecule has 0 spiro atoms. The SMILES string of the molecule is CNCCc1cn(CN(C)CCc2c[nH]c3ncc(OC)cc23)c2ncc(OC(C)=O)cc12. The average Bonchev–Trinajstić information content (AvgIpc) is 3.36. The summed E-state index contributed by atoms with van der Waals surface area (Å²) in [7, 11) is 5.68. The quantitative estimate of drug-likeness (QED) is 0.359. The van der Waals surface area contributed by atoms with E-state index in [1.807, 2.05) is 25.4 Å². The number of rotatable bonds is 10. The lowest BCUT2D eigenvalue weighted by molar-refractivity contribution is -0.131. The molecule has 4 rings (SSSR count). The Kier molecular flexibility index (Phi) is 6.90. The van der Waals surface area contributed by atoms with E-state index in [1.54, 1.807) is 19.5 Å². The van der Waals surface area contributed by atoms with Gasteiger partial charge in [0.15, 0.2) is 0 Å². The number of likely N-dealkylation sites (N-methyl/N-ethyl adjacent to an activating group) is 2. The van der Waals surface area contributed by atoms with E-state index in [1.165, 1.54) is 18.1 Å². The van der Waals surface area contributed by atoms with Gasteiger partial charge in [-0.1, -0.05) is 0 Å². The third-order valence-corrected chi connectivity index (χ3v) is 5.66. The lowest BCUT2D eigenvalue weighted by Gasteiger charge is -2.18. The van der Waals surface area contributed by atoms with Gasteiger partial charge in [-0.15, -0.1) is 0 Å². The summed E-state index contributed by atoms with van der Waals surface area (Å²) in [6.45, 7) is 3.80. The number of methoxy groups -OCH3 is 1. The number of hydrogen-bond acceptors (Lipinski definition) is 7.